The van der Waals surface area contributed by atoms with E-state index in [0.717, 1.165) is 6.08 Å². The van der Waals surface area contributed by atoms with Crippen LogP contribution in [-0.4, -0.2) is 22.7 Å². The lowest BCUT2D eigenvalue weighted by Crippen LogP contribution is -2.01. The van der Waals surface area contributed by atoms with Gasteiger partial charge in [0.25, 0.3) is 0 Å². The highest BCUT2D eigenvalue weighted by molar-refractivity contribution is 9.10. The second-order valence-corrected chi connectivity index (χ2v) is 4.41. The van der Waals surface area contributed by atoms with Crippen LogP contribution in [0.2, 0.25) is 0 Å². The van der Waals surface area contributed by atoms with Gasteiger partial charge in [0, 0.05) is 28.4 Å². The Labute approximate surface area is 112 Å². The number of alkyl halides is 1. The van der Waals surface area contributed by atoms with Gasteiger partial charge in [-0.25, -0.2) is 4.79 Å². The summed E-state index contributed by atoms with van der Waals surface area (Å²) in [6, 6.07) is 5.10. The van der Waals surface area contributed by atoms with E-state index in [1.165, 1.54) is 6.08 Å². The van der Waals surface area contributed by atoms with Crippen molar-refractivity contribution in [1.82, 2.24) is 0 Å². The van der Waals surface area contributed by atoms with E-state index in [2.05, 4.69) is 15.9 Å². The molecule has 1 aromatic rings. The van der Waals surface area contributed by atoms with Gasteiger partial charge in [0.15, 0.2) is 5.78 Å². The number of carbonyl (C=O) groups is 2. The number of carbonyl (C=O) groups excluding carboxylic acids is 1. The highest BCUT2D eigenvalue weighted by atomic mass is 79.9. The summed E-state index contributed by atoms with van der Waals surface area (Å²) < 4.78 is 0.590. The predicted molar refractivity (Wildman–Crippen MR) is 70.5 cm³/mol. The largest absolute Gasteiger partial charge is 0.478 e. The Bertz CT molecular complexity index is 469. The summed E-state index contributed by atoms with van der Waals surface area (Å²) in [6.07, 6.45) is 2.71. The summed E-state index contributed by atoms with van der Waals surface area (Å²) in [6.45, 7) is 0. The molecule has 3 nitrogen and oxygen atoms in total. The molecule has 0 saturated heterocycles. The quantitative estimate of drug-likeness (QED) is 0.515. The van der Waals surface area contributed by atoms with Gasteiger partial charge in [-0.3, -0.25) is 4.79 Å². The lowest BCUT2D eigenvalue weighted by atomic mass is 10.1. The first kappa shape index (κ1) is 13.9. The highest BCUT2D eigenvalue weighted by Crippen LogP contribution is 2.24. The molecule has 0 fully saturated rings. The fraction of sp³-hybridized carbons (Fsp3) is 0.167. The third-order valence-corrected chi connectivity index (χ3v) is 3.13. The number of halogens is 2. The number of benzene rings is 1. The first-order valence-corrected chi connectivity index (χ1v) is 6.17. The lowest BCUT2D eigenvalue weighted by molar-refractivity contribution is -0.131. The van der Waals surface area contributed by atoms with E-state index in [9.17, 15) is 9.59 Å². The Morgan fingerprint density at radius 2 is 2.12 bits per heavy atom. The summed E-state index contributed by atoms with van der Waals surface area (Å²) in [5.41, 5.74) is 1.16. The van der Waals surface area contributed by atoms with E-state index < -0.39 is 5.97 Å². The van der Waals surface area contributed by atoms with Crippen LogP contribution in [0.3, 0.4) is 0 Å². The number of aliphatic carboxylic acids is 1. The summed E-state index contributed by atoms with van der Waals surface area (Å²) in [4.78, 5) is 22.1. The molecule has 0 radical (unpaired) electrons. The Balaban J connectivity index is 3.07. The maximum absolute atomic E-state index is 11.7. The average Bonchev–Trinajstić information content (AvgIpc) is 2.27. The fourth-order valence-corrected chi connectivity index (χ4v) is 2.06. The molecule has 17 heavy (non-hydrogen) atoms. The van der Waals surface area contributed by atoms with Gasteiger partial charge in [-0.1, -0.05) is 18.2 Å². The molecule has 0 atom stereocenters. The first-order valence-electron chi connectivity index (χ1n) is 4.85. The number of ketones is 1. The van der Waals surface area contributed by atoms with E-state index in [4.69, 9.17) is 16.7 Å². The minimum absolute atomic E-state index is 0.0718. The molecule has 0 amide bonds. The van der Waals surface area contributed by atoms with Crippen molar-refractivity contribution in [2.24, 2.45) is 0 Å². The molecule has 1 aromatic carbocycles. The topological polar surface area (TPSA) is 54.4 Å². The molecular formula is C12H10BrClO3. The second-order valence-electron chi connectivity index (χ2n) is 3.24. The zero-order valence-corrected chi connectivity index (χ0v) is 11.2. The van der Waals surface area contributed by atoms with Crippen LogP contribution < -0.4 is 0 Å². The molecular weight excluding hydrogens is 307 g/mol. The molecule has 0 aliphatic carbocycles. The van der Waals surface area contributed by atoms with Gasteiger partial charge in [0.05, 0.1) is 0 Å². The molecule has 0 saturated carbocycles. The normalized spacial score (nSPS) is 10.7. The standard InChI is InChI=1S/C12H10BrClO3/c13-12-8(4-5-11(16)17)2-1-3-9(12)10(15)6-7-14/h1-5H,6-7H2,(H,16,17)/b5-4+. The minimum Gasteiger partial charge on any atom is -0.478 e. The SMILES string of the molecule is O=C(O)/C=C/c1cccc(C(=O)CCCl)c1Br. The number of Topliss-reactive ketones (excluding diaryl/α,β-unsaturated/α-hetero) is 1. The molecule has 0 bridgehead atoms. The maximum atomic E-state index is 11.7. The molecule has 90 valence electrons. The van der Waals surface area contributed by atoms with Crippen LogP contribution in [0.5, 0.6) is 0 Å². The Hall–Kier alpha value is -1.13. The average molecular weight is 318 g/mol. The summed E-state index contributed by atoms with van der Waals surface area (Å²) in [5, 5.41) is 8.54. The number of carboxylic acids is 1. The van der Waals surface area contributed by atoms with Crippen molar-refractivity contribution in [3.05, 3.63) is 39.9 Å². The van der Waals surface area contributed by atoms with Gasteiger partial charge in [-0.2, -0.15) is 0 Å². The van der Waals surface area contributed by atoms with E-state index >= 15 is 0 Å². The number of carboxylic acid groups (broad SMARTS) is 1. The van der Waals surface area contributed by atoms with Gasteiger partial charge >= 0.3 is 5.97 Å². The third-order valence-electron chi connectivity index (χ3n) is 2.06. The van der Waals surface area contributed by atoms with Crippen molar-refractivity contribution in [1.29, 1.82) is 0 Å². The second kappa shape index (κ2) is 6.57. The van der Waals surface area contributed by atoms with Crippen LogP contribution in [0.4, 0.5) is 0 Å². The van der Waals surface area contributed by atoms with Crippen LogP contribution >= 0.6 is 27.5 Å². The molecule has 5 heteroatoms. The van der Waals surface area contributed by atoms with E-state index in [1.807, 2.05) is 0 Å². The zero-order valence-electron chi connectivity index (χ0n) is 8.82. The smallest absolute Gasteiger partial charge is 0.328 e. The van der Waals surface area contributed by atoms with Gasteiger partial charge in [-0.15, -0.1) is 11.6 Å². The Morgan fingerprint density at radius 1 is 1.41 bits per heavy atom. The summed E-state index contributed by atoms with van der Waals surface area (Å²) in [7, 11) is 0. The van der Waals surface area contributed by atoms with Crippen LogP contribution in [0.1, 0.15) is 22.3 Å². The van der Waals surface area contributed by atoms with E-state index in [1.54, 1.807) is 18.2 Å². The number of hydrogen-bond acceptors (Lipinski definition) is 2. The Kier molecular flexibility index (Phi) is 5.38. The van der Waals surface area contributed by atoms with Crippen molar-refractivity contribution in [2.45, 2.75) is 6.42 Å². The van der Waals surface area contributed by atoms with E-state index in [0.29, 0.717) is 15.6 Å². The highest BCUT2D eigenvalue weighted by Gasteiger charge is 2.11. The van der Waals surface area contributed by atoms with Gasteiger partial charge in [0.1, 0.15) is 0 Å². The van der Waals surface area contributed by atoms with Gasteiger partial charge in [0.2, 0.25) is 0 Å². The van der Waals surface area contributed by atoms with Crippen molar-refractivity contribution in [2.75, 3.05) is 5.88 Å². The van der Waals surface area contributed by atoms with Crippen LogP contribution in [0.15, 0.2) is 28.7 Å². The van der Waals surface area contributed by atoms with Crippen LogP contribution in [0, 0.1) is 0 Å². The molecule has 0 heterocycles. The molecule has 0 aromatic heterocycles. The monoisotopic (exact) mass is 316 g/mol. The van der Waals surface area contributed by atoms with Crippen molar-refractivity contribution < 1.29 is 14.7 Å². The fourth-order valence-electron chi connectivity index (χ4n) is 1.28. The third kappa shape index (κ3) is 3.98. The van der Waals surface area contributed by atoms with Crippen molar-refractivity contribution in [3.63, 3.8) is 0 Å². The molecule has 1 N–H and O–H groups in total. The predicted octanol–water partition coefficient (Wildman–Crippen LogP) is 3.36. The molecule has 0 spiro atoms. The van der Waals surface area contributed by atoms with Gasteiger partial charge in [-0.05, 0) is 27.6 Å². The van der Waals surface area contributed by atoms with Crippen molar-refractivity contribution in [3.8, 4) is 0 Å². The molecule has 0 aliphatic rings. The lowest BCUT2D eigenvalue weighted by Gasteiger charge is -2.05. The van der Waals surface area contributed by atoms with Gasteiger partial charge < -0.3 is 5.11 Å². The van der Waals surface area contributed by atoms with Crippen LogP contribution in [0.25, 0.3) is 6.08 Å². The molecule has 1 rings (SSSR count). The number of rotatable bonds is 5. The van der Waals surface area contributed by atoms with E-state index in [-0.39, 0.29) is 18.1 Å². The van der Waals surface area contributed by atoms with Crippen LogP contribution in [-0.2, 0) is 4.79 Å². The number of hydrogen-bond donors (Lipinski definition) is 1. The first-order chi connectivity index (χ1) is 8.06. The minimum atomic E-state index is -1.03. The maximum Gasteiger partial charge on any atom is 0.328 e. The Morgan fingerprint density at radius 3 is 2.71 bits per heavy atom. The van der Waals surface area contributed by atoms with Crippen molar-refractivity contribution >= 4 is 45.4 Å². The summed E-state index contributed by atoms with van der Waals surface area (Å²) in [5.74, 6) is -0.840. The molecule has 0 aliphatic heterocycles. The zero-order chi connectivity index (χ0) is 12.8. The summed E-state index contributed by atoms with van der Waals surface area (Å²) >= 11 is 8.81. The molecule has 0 unspecified atom stereocenters.